The zero-order valence-corrected chi connectivity index (χ0v) is 13.4. The molecule has 1 heterocycles. The summed E-state index contributed by atoms with van der Waals surface area (Å²) >= 11 is 0. The molecule has 1 aromatic rings. The molecule has 5 nitrogen and oxygen atoms in total. The second kappa shape index (κ2) is 5.35. The largest absolute Gasteiger partial charge is 0.497 e. The van der Waals surface area contributed by atoms with Crippen molar-refractivity contribution in [3.63, 3.8) is 0 Å². The summed E-state index contributed by atoms with van der Waals surface area (Å²) in [4.78, 5) is 11.5. The van der Waals surface area contributed by atoms with E-state index in [1.807, 2.05) is 27.7 Å². The first-order valence-corrected chi connectivity index (χ1v) is 6.82. The number of rotatable bonds is 4. The molecule has 1 aliphatic rings. The molecule has 1 saturated heterocycles. The Labute approximate surface area is 125 Å². The molecule has 0 saturated carbocycles. The highest BCUT2D eigenvalue weighted by Crippen LogP contribution is 2.37. The smallest absolute Gasteiger partial charge is 0.495 e. The monoisotopic (exact) mass is 292 g/mol. The number of benzene rings is 1. The summed E-state index contributed by atoms with van der Waals surface area (Å²) in [5, 5.41) is 0. The van der Waals surface area contributed by atoms with Gasteiger partial charge in [0.25, 0.3) is 0 Å². The van der Waals surface area contributed by atoms with E-state index in [9.17, 15) is 4.79 Å². The number of carbonyl (C=O) groups excluding carboxylic acids is 1. The fourth-order valence-corrected chi connectivity index (χ4v) is 2.20. The van der Waals surface area contributed by atoms with Crippen molar-refractivity contribution in [3.8, 4) is 11.5 Å². The van der Waals surface area contributed by atoms with Gasteiger partial charge in [-0.15, -0.1) is 0 Å². The van der Waals surface area contributed by atoms with Crippen LogP contribution in [-0.2, 0) is 9.31 Å². The lowest BCUT2D eigenvalue weighted by Crippen LogP contribution is -2.41. The van der Waals surface area contributed by atoms with E-state index >= 15 is 0 Å². The summed E-state index contributed by atoms with van der Waals surface area (Å²) in [6.45, 7) is 7.85. The van der Waals surface area contributed by atoms with E-state index in [-0.39, 0.29) is 0 Å². The fourth-order valence-electron chi connectivity index (χ4n) is 2.20. The molecular formula is C15H21BO5. The van der Waals surface area contributed by atoms with Gasteiger partial charge < -0.3 is 18.8 Å². The van der Waals surface area contributed by atoms with Crippen molar-refractivity contribution >= 4 is 18.9 Å². The quantitative estimate of drug-likeness (QED) is 0.626. The van der Waals surface area contributed by atoms with Gasteiger partial charge in [-0.25, -0.2) is 0 Å². The van der Waals surface area contributed by atoms with E-state index in [0.717, 1.165) is 6.29 Å². The van der Waals surface area contributed by atoms with Gasteiger partial charge in [0.15, 0.2) is 6.29 Å². The van der Waals surface area contributed by atoms with E-state index in [1.165, 1.54) is 7.11 Å². The maximum atomic E-state index is 11.5. The third kappa shape index (κ3) is 2.65. The third-order valence-corrected chi connectivity index (χ3v) is 4.23. The number of hydrogen-bond acceptors (Lipinski definition) is 5. The van der Waals surface area contributed by atoms with Crippen LogP contribution in [0.3, 0.4) is 0 Å². The summed E-state index contributed by atoms with van der Waals surface area (Å²) in [6.07, 6.45) is 0.749. The molecule has 2 rings (SSSR count). The molecule has 6 heteroatoms. The predicted octanol–water partition coefficient (Wildman–Crippen LogP) is 1.82. The molecule has 0 unspecified atom stereocenters. The number of ether oxygens (including phenoxy) is 2. The molecular weight excluding hydrogens is 271 g/mol. The third-order valence-electron chi connectivity index (χ3n) is 4.23. The first-order valence-electron chi connectivity index (χ1n) is 6.82. The highest BCUT2D eigenvalue weighted by atomic mass is 16.7. The minimum atomic E-state index is -0.640. The van der Waals surface area contributed by atoms with Crippen molar-refractivity contribution < 1.29 is 23.6 Å². The van der Waals surface area contributed by atoms with Crippen LogP contribution in [0.1, 0.15) is 38.1 Å². The van der Waals surface area contributed by atoms with Crippen LogP contribution in [0.2, 0.25) is 0 Å². The highest BCUT2D eigenvalue weighted by Gasteiger charge is 2.52. The molecule has 0 spiro atoms. The number of methoxy groups -OCH3 is 2. The van der Waals surface area contributed by atoms with Gasteiger partial charge in [0.1, 0.15) is 11.5 Å². The Bertz CT molecular complexity index is 537. The molecule has 0 N–H and O–H groups in total. The Hall–Kier alpha value is -1.53. The predicted molar refractivity (Wildman–Crippen MR) is 80.6 cm³/mol. The molecule has 21 heavy (non-hydrogen) atoms. The van der Waals surface area contributed by atoms with Crippen LogP contribution >= 0.6 is 0 Å². The Morgan fingerprint density at radius 1 is 1.05 bits per heavy atom. The zero-order chi connectivity index (χ0) is 15.8. The van der Waals surface area contributed by atoms with E-state index in [2.05, 4.69) is 0 Å². The Morgan fingerprint density at radius 3 is 2.05 bits per heavy atom. The lowest BCUT2D eigenvalue weighted by Gasteiger charge is -2.32. The summed E-state index contributed by atoms with van der Waals surface area (Å²) in [5.74, 6) is 1.02. The number of hydrogen-bond donors (Lipinski definition) is 0. The first-order chi connectivity index (χ1) is 9.75. The Balaban J connectivity index is 2.51. The van der Waals surface area contributed by atoms with Gasteiger partial charge >= 0.3 is 7.12 Å². The van der Waals surface area contributed by atoms with Crippen LogP contribution < -0.4 is 14.9 Å². The minimum absolute atomic E-state index is 0.414. The van der Waals surface area contributed by atoms with Crippen molar-refractivity contribution in [2.75, 3.05) is 14.2 Å². The van der Waals surface area contributed by atoms with Crippen LogP contribution in [0.25, 0.3) is 0 Å². The average Bonchev–Trinajstić information content (AvgIpc) is 2.65. The normalized spacial score (nSPS) is 19.4. The lowest BCUT2D eigenvalue weighted by molar-refractivity contribution is 0.00578. The second-order valence-electron chi connectivity index (χ2n) is 6.04. The van der Waals surface area contributed by atoms with Gasteiger partial charge in [-0.3, -0.25) is 4.79 Å². The van der Waals surface area contributed by atoms with Crippen molar-refractivity contribution in [2.45, 2.75) is 38.9 Å². The van der Waals surface area contributed by atoms with Crippen molar-refractivity contribution in [2.24, 2.45) is 0 Å². The molecule has 1 aromatic carbocycles. The van der Waals surface area contributed by atoms with E-state index < -0.39 is 18.3 Å². The molecule has 1 fully saturated rings. The van der Waals surface area contributed by atoms with Crippen molar-refractivity contribution in [3.05, 3.63) is 17.7 Å². The maximum absolute atomic E-state index is 11.5. The van der Waals surface area contributed by atoms with Gasteiger partial charge in [0.05, 0.1) is 31.0 Å². The Morgan fingerprint density at radius 2 is 1.62 bits per heavy atom. The second-order valence-corrected chi connectivity index (χ2v) is 6.04. The molecule has 0 aliphatic carbocycles. The fraction of sp³-hybridized carbons (Fsp3) is 0.533. The Kier molecular flexibility index (Phi) is 4.04. The van der Waals surface area contributed by atoms with Gasteiger partial charge in [0, 0.05) is 11.5 Å². The van der Waals surface area contributed by atoms with Crippen LogP contribution in [0.15, 0.2) is 12.1 Å². The van der Waals surface area contributed by atoms with E-state index in [1.54, 1.807) is 19.2 Å². The lowest BCUT2D eigenvalue weighted by atomic mass is 9.75. The average molecular weight is 292 g/mol. The molecule has 1 aliphatic heterocycles. The number of aldehydes is 1. The molecule has 0 aromatic heterocycles. The summed E-state index contributed by atoms with van der Waals surface area (Å²) in [5.41, 5.74) is 0.0686. The standard InChI is InChI=1S/C15H21BO5/c1-14(2)15(3,4)21-16(20-14)12-7-10(18-5)8-13(19-6)11(12)9-17/h7-9H,1-6H3. The molecule has 0 atom stereocenters. The topological polar surface area (TPSA) is 54.0 Å². The van der Waals surface area contributed by atoms with Crippen LogP contribution in [0.4, 0.5) is 0 Å². The summed E-state index contributed by atoms with van der Waals surface area (Å²) < 4.78 is 22.5. The summed E-state index contributed by atoms with van der Waals surface area (Å²) in [6, 6.07) is 3.41. The van der Waals surface area contributed by atoms with Gasteiger partial charge in [0.2, 0.25) is 0 Å². The van der Waals surface area contributed by atoms with E-state index in [4.69, 9.17) is 18.8 Å². The first kappa shape index (κ1) is 15.9. The van der Waals surface area contributed by atoms with E-state index in [0.29, 0.717) is 22.5 Å². The number of carbonyl (C=O) groups is 1. The zero-order valence-electron chi connectivity index (χ0n) is 13.4. The minimum Gasteiger partial charge on any atom is -0.497 e. The summed E-state index contributed by atoms with van der Waals surface area (Å²) in [7, 11) is 2.43. The van der Waals surface area contributed by atoms with Crippen LogP contribution in [0.5, 0.6) is 11.5 Å². The SMILES string of the molecule is COc1cc(OC)c(C=O)c(B2OC(C)(C)C(C)(C)O2)c1. The molecule has 0 amide bonds. The highest BCUT2D eigenvalue weighted by molar-refractivity contribution is 6.63. The maximum Gasteiger partial charge on any atom is 0.495 e. The van der Waals surface area contributed by atoms with Crippen molar-refractivity contribution in [1.82, 2.24) is 0 Å². The van der Waals surface area contributed by atoms with Gasteiger partial charge in [-0.05, 0) is 33.8 Å². The molecule has 0 radical (unpaired) electrons. The van der Waals surface area contributed by atoms with Crippen LogP contribution in [-0.4, -0.2) is 38.8 Å². The molecule has 114 valence electrons. The van der Waals surface area contributed by atoms with Crippen LogP contribution in [0, 0.1) is 0 Å². The van der Waals surface area contributed by atoms with Gasteiger partial charge in [-0.1, -0.05) is 0 Å². The van der Waals surface area contributed by atoms with Crippen molar-refractivity contribution in [1.29, 1.82) is 0 Å². The molecule has 0 bridgehead atoms. The van der Waals surface area contributed by atoms with Gasteiger partial charge in [-0.2, -0.15) is 0 Å².